The van der Waals surface area contributed by atoms with Gasteiger partial charge in [-0.3, -0.25) is 9.59 Å². The van der Waals surface area contributed by atoms with Gasteiger partial charge in [0.1, 0.15) is 49.0 Å². The second-order valence-electron chi connectivity index (χ2n) is 13.8. The summed E-state index contributed by atoms with van der Waals surface area (Å²) < 4.78 is 20.7. The largest absolute Gasteiger partial charge is 0.476 e. The molecule has 0 atom stereocenters. The molecule has 3 aliphatic heterocycles. The molecule has 0 unspecified atom stereocenters. The zero-order valence-electron chi connectivity index (χ0n) is 30.2. The van der Waals surface area contributed by atoms with Crippen LogP contribution in [-0.4, -0.2) is 116 Å². The van der Waals surface area contributed by atoms with E-state index in [1.54, 1.807) is 60.8 Å². The summed E-state index contributed by atoms with van der Waals surface area (Å²) in [5, 5.41) is 21.5. The van der Waals surface area contributed by atoms with Crippen LogP contribution in [0.1, 0.15) is 75.8 Å². The lowest BCUT2D eigenvalue weighted by atomic mass is 10.0. The van der Waals surface area contributed by atoms with Gasteiger partial charge in [-0.15, -0.1) is 27.7 Å². The van der Waals surface area contributed by atoms with Crippen LogP contribution in [0.2, 0.25) is 0 Å². The third-order valence-corrected chi connectivity index (χ3v) is 8.35. The van der Waals surface area contributed by atoms with Crippen molar-refractivity contribution in [3.8, 4) is 0 Å². The molecule has 53 heavy (non-hydrogen) atoms. The van der Waals surface area contributed by atoms with Crippen molar-refractivity contribution in [2.24, 2.45) is 10.3 Å². The third-order valence-electron chi connectivity index (χ3n) is 6.81. The number of hydrogen-bond donors (Lipinski definition) is 1. The van der Waals surface area contributed by atoms with Crippen LogP contribution in [0.15, 0.2) is 21.1 Å². The van der Waals surface area contributed by atoms with Gasteiger partial charge in [0, 0.05) is 23.6 Å². The summed E-state index contributed by atoms with van der Waals surface area (Å²) in [5.41, 5.74) is -4.89. The fourth-order valence-corrected chi connectivity index (χ4v) is 5.31. The number of hydrogen-bond acceptors (Lipinski definition) is 19. The van der Waals surface area contributed by atoms with E-state index in [2.05, 4.69) is 20.3 Å². The van der Waals surface area contributed by atoms with E-state index in [4.69, 9.17) is 33.5 Å². The second-order valence-corrected chi connectivity index (χ2v) is 15.9. The Morgan fingerprint density at radius 1 is 0.755 bits per heavy atom. The first kappa shape index (κ1) is 40.9. The van der Waals surface area contributed by atoms with Gasteiger partial charge in [-0.25, -0.2) is 29.1 Å². The Morgan fingerprint density at radius 2 is 1.15 bits per heavy atom. The van der Waals surface area contributed by atoms with Crippen molar-refractivity contribution in [2.75, 3.05) is 26.4 Å². The van der Waals surface area contributed by atoms with Crippen molar-refractivity contribution in [2.45, 2.75) is 90.6 Å². The number of oxime groups is 2. The number of esters is 2. The molecule has 3 aliphatic rings. The predicted molar refractivity (Wildman–Crippen MR) is 183 cm³/mol. The summed E-state index contributed by atoms with van der Waals surface area (Å²) >= 11 is 2.53. The second kappa shape index (κ2) is 16.0. The number of aryl methyl sites for hydroxylation is 2. The van der Waals surface area contributed by atoms with Crippen LogP contribution in [0.25, 0.3) is 0 Å². The molecule has 0 spiro atoms. The number of hydroxylamine groups is 2. The molecule has 0 saturated carbocycles. The van der Waals surface area contributed by atoms with Crippen molar-refractivity contribution in [1.29, 1.82) is 0 Å². The van der Waals surface area contributed by atoms with E-state index in [-0.39, 0.29) is 56.4 Å². The van der Waals surface area contributed by atoms with E-state index >= 15 is 0 Å². The van der Waals surface area contributed by atoms with E-state index in [0.717, 1.165) is 0 Å². The zero-order valence-corrected chi connectivity index (χ0v) is 31.8. The van der Waals surface area contributed by atoms with E-state index in [1.165, 1.54) is 28.1 Å². The molecule has 0 aliphatic carbocycles. The number of thiazole rings is 2. The van der Waals surface area contributed by atoms with Gasteiger partial charge in [-0.2, -0.15) is 0 Å². The van der Waals surface area contributed by atoms with E-state index in [1.807, 2.05) is 0 Å². The normalized spacial score (nSPS) is 18.2. The van der Waals surface area contributed by atoms with Crippen molar-refractivity contribution >= 4 is 69.8 Å². The number of amides is 2. The third kappa shape index (κ3) is 10.4. The average molecular weight is 782 g/mol. The Kier molecular flexibility index (Phi) is 12.4. The summed E-state index contributed by atoms with van der Waals surface area (Å²) in [6.45, 7) is 13.4. The quantitative estimate of drug-likeness (QED) is 0.149. The maximum atomic E-state index is 12.7. The number of carbonyl (C=O) groups excluding carboxylic acids is 5. The molecule has 2 aromatic rings. The van der Waals surface area contributed by atoms with Crippen LogP contribution in [0, 0.1) is 13.8 Å². The molecule has 2 aromatic heterocycles. The summed E-state index contributed by atoms with van der Waals surface area (Å²) in [4.78, 5) is 96.0. The highest BCUT2D eigenvalue weighted by Crippen LogP contribution is 2.28. The highest BCUT2D eigenvalue weighted by atomic mass is 32.1. The number of aliphatic carboxylic acids is 1. The van der Waals surface area contributed by atoms with Crippen LogP contribution >= 0.6 is 22.7 Å². The number of aromatic nitrogens is 2. The van der Waals surface area contributed by atoms with Crippen molar-refractivity contribution in [3.63, 3.8) is 0 Å². The Labute approximate surface area is 311 Å². The molecule has 21 heteroatoms. The lowest BCUT2D eigenvalue weighted by Gasteiger charge is -2.37. The minimum absolute atomic E-state index is 0.0472. The Hall–Kier alpha value is -4.86. The van der Waals surface area contributed by atoms with E-state index in [9.17, 15) is 33.9 Å². The molecule has 0 radical (unpaired) electrons. The highest BCUT2D eigenvalue weighted by molar-refractivity contribution is 7.10. The maximum Gasteiger partial charge on any atom is 0.387 e. The minimum atomic E-state index is -1.52. The molecule has 0 bridgehead atoms. The van der Waals surface area contributed by atoms with E-state index < -0.39 is 63.8 Å². The minimum Gasteiger partial charge on any atom is -0.476 e. The van der Waals surface area contributed by atoms with Gasteiger partial charge in [-0.1, -0.05) is 10.3 Å². The molecule has 5 heterocycles. The fraction of sp³-hybridized carbons (Fsp3) is 0.562. The van der Waals surface area contributed by atoms with Crippen LogP contribution in [0.5, 0.6) is 0 Å². The van der Waals surface area contributed by atoms with Crippen LogP contribution in [-0.2, 0) is 62.2 Å². The first-order valence-corrected chi connectivity index (χ1v) is 17.7. The van der Waals surface area contributed by atoms with Crippen LogP contribution in [0.4, 0.5) is 0 Å². The molecule has 2 amide bonds. The summed E-state index contributed by atoms with van der Waals surface area (Å²) in [5.74, 6) is -5.03. The molecule has 288 valence electrons. The summed E-state index contributed by atoms with van der Waals surface area (Å²) in [6.07, 6.45) is -0.103. The van der Waals surface area contributed by atoms with Gasteiger partial charge in [-0.05, 0) is 55.4 Å². The van der Waals surface area contributed by atoms with Gasteiger partial charge in [0.2, 0.25) is 11.4 Å². The topological polar surface area (TPSA) is 241 Å². The molecular weight excluding hydrogens is 743 g/mol. The molecular formula is C32H39N5O14S2. The predicted octanol–water partition coefficient (Wildman–Crippen LogP) is 2.26. The number of ether oxygens (including phenoxy) is 4. The molecule has 1 N–H and O–H groups in total. The average Bonchev–Trinajstić information content (AvgIpc) is 3.70. The molecule has 0 aromatic carbocycles. The lowest BCUT2D eigenvalue weighted by molar-refractivity contribution is -0.236. The lowest BCUT2D eigenvalue weighted by Crippen LogP contribution is -2.59. The van der Waals surface area contributed by atoms with Gasteiger partial charge < -0.3 is 38.6 Å². The standard InChI is InChI=1S/C18H21N3O8S.C14H18N2O6S/c1-10-19-11(7-30-10)14(15(24)28-21-12(22)5-6-13(21)23)20-29-18(8-26-9-18)16(25)27-17(2,3)4;1-8-15-9(5-23-8)10(11(17)18)16-22-14(6-20-7-14)12(19)21-13(2,3)4/h7H,5-6,8-9H2,1-4H3;5H,6-7H2,1-4H3,(H,17,18)/b20-14-;16-10-. The number of nitrogens with zero attached hydrogens (tertiary/aromatic N) is 5. The van der Waals surface area contributed by atoms with Crippen molar-refractivity contribution in [3.05, 3.63) is 32.2 Å². The molecule has 5 rings (SSSR count). The first-order chi connectivity index (χ1) is 24.6. The van der Waals surface area contributed by atoms with Crippen molar-refractivity contribution in [1.82, 2.24) is 15.0 Å². The number of rotatable bonds is 11. The summed E-state index contributed by atoms with van der Waals surface area (Å²) in [7, 11) is 0. The van der Waals surface area contributed by atoms with Crippen LogP contribution in [0.3, 0.4) is 0 Å². The highest BCUT2D eigenvalue weighted by Gasteiger charge is 2.54. The van der Waals surface area contributed by atoms with Gasteiger partial charge in [0.25, 0.3) is 23.0 Å². The van der Waals surface area contributed by atoms with Gasteiger partial charge >= 0.3 is 23.9 Å². The zero-order chi connectivity index (χ0) is 39.4. The van der Waals surface area contributed by atoms with Crippen molar-refractivity contribution < 1.29 is 67.3 Å². The Morgan fingerprint density at radius 3 is 1.47 bits per heavy atom. The first-order valence-electron chi connectivity index (χ1n) is 15.9. The van der Waals surface area contributed by atoms with E-state index in [0.29, 0.717) is 15.1 Å². The number of imide groups is 1. The van der Waals surface area contributed by atoms with Crippen LogP contribution < -0.4 is 0 Å². The number of carboxylic acids is 1. The number of carbonyl (C=O) groups is 6. The summed E-state index contributed by atoms with van der Waals surface area (Å²) in [6, 6.07) is 0. The van der Waals surface area contributed by atoms with Gasteiger partial charge in [0.15, 0.2) is 0 Å². The number of carboxylic acid groups (broad SMARTS) is 1. The Balaban J connectivity index is 0.000000245. The molecule has 19 nitrogen and oxygen atoms in total. The Bertz CT molecular complexity index is 1800. The molecule has 3 saturated heterocycles. The maximum absolute atomic E-state index is 12.7. The molecule has 3 fully saturated rings. The smallest absolute Gasteiger partial charge is 0.387 e. The SMILES string of the molecule is Cc1nc(/C(=N/OC2(C(=O)OC(C)(C)C)COC2)C(=O)O)cs1.Cc1nc(/C(=N/OC2(C(=O)OC(C)(C)C)COC2)C(=O)ON2C(=O)CCC2=O)cs1. The van der Waals surface area contributed by atoms with Gasteiger partial charge in [0.05, 0.1) is 10.0 Å². The fourth-order valence-electron chi connectivity index (χ4n) is 4.11. The monoisotopic (exact) mass is 781 g/mol.